The second kappa shape index (κ2) is 13.6. The lowest BCUT2D eigenvalue weighted by atomic mass is 9.82. The Bertz CT molecular complexity index is 1670. The molecule has 2 amide bonds. The maximum absolute atomic E-state index is 14.9. The molecule has 0 radical (unpaired) electrons. The zero-order valence-electron chi connectivity index (χ0n) is 27.9. The van der Waals surface area contributed by atoms with E-state index in [9.17, 15) is 35.1 Å². The van der Waals surface area contributed by atoms with Crippen molar-refractivity contribution in [2.24, 2.45) is 5.92 Å². The number of rotatable bonds is 9. The minimum atomic E-state index is -2.42. The first kappa shape index (κ1) is 35.2. The van der Waals surface area contributed by atoms with Gasteiger partial charge in [-0.1, -0.05) is 67.7 Å². The van der Waals surface area contributed by atoms with Crippen LogP contribution in [0.2, 0.25) is 18.6 Å². The summed E-state index contributed by atoms with van der Waals surface area (Å²) in [5, 5.41) is 54.5. The van der Waals surface area contributed by atoms with Gasteiger partial charge in [-0.3, -0.25) is 9.59 Å². The molecule has 0 aliphatic carbocycles. The Hall–Kier alpha value is -3.66. The molecule has 0 saturated carbocycles. The predicted molar refractivity (Wildman–Crippen MR) is 183 cm³/mol. The third-order valence-electron chi connectivity index (χ3n) is 10.5. The van der Waals surface area contributed by atoms with Crippen molar-refractivity contribution in [1.82, 2.24) is 0 Å². The molecular formula is C36H44N2O10Si. The number of methoxy groups -OCH3 is 1. The summed E-state index contributed by atoms with van der Waals surface area (Å²) in [5.74, 6) is -0.703. The maximum Gasteiger partial charge on any atom is 0.264 e. The quantitative estimate of drug-likeness (QED) is 0.181. The second-order valence-corrected chi connectivity index (χ2v) is 18.4. The molecule has 6 rings (SSSR count). The molecule has 13 heteroatoms. The molecule has 3 aromatic carbocycles. The summed E-state index contributed by atoms with van der Waals surface area (Å²) in [6.07, 6.45) is -9.07. The molecule has 0 unspecified atom stereocenters. The topological polar surface area (TPSA) is 178 Å². The van der Waals surface area contributed by atoms with Crippen molar-refractivity contribution in [2.75, 3.05) is 23.9 Å². The Labute approximate surface area is 285 Å². The molecule has 3 heterocycles. The van der Waals surface area contributed by atoms with Crippen LogP contribution in [0.5, 0.6) is 5.75 Å². The summed E-state index contributed by atoms with van der Waals surface area (Å²) < 4.78 is 17.5. The number of amides is 2. The highest BCUT2D eigenvalue weighted by Gasteiger charge is 2.66. The van der Waals surface area contributed by atoms with Crippen LogP contribution in [0.4, 0.5) is 11.4 Å². The first-order valence-electron chi connectivity index (χ1n) is 16.5. The summed E-state index contributed by atoms with van der Waals surface area (Å²) in [4.78, 5) is 29.9. The van der Waals surface area contributed by atoms with Gasteiger partial charge >= 0.3 is 0 Å². The van der Waals surface area contributed by atoms with Crippen molar-refractivity contribution in [3.8, 4) is 5.75 Å². The Morgan fingerprint density at radius 2 is 1.67 bits per heavy atom. The van der Waals surface area contributed by atoms with Crippen LogP contribution in [0.1, 0.15) is 24.5 Å². The summed E-state index contributed by atoms with van der Waals surface area (Å²) in [6, 6.07) is 22.6. The van der Waals surface area contributed by atoms with E-state index < -0.39 is 56.4 Å². The van der Waals surface area contributed by atoms with Crippen LogP contribution in [-0.4, -0.2) is 95.9 Å². The summed E-state index contributed by atoms with van der Waals surface area (Å²) >= 11 is 0. The van der Waals surface area contributed by atoms with Gasteiger partial charge in [0.05, 0.1) is 33.5 Å². The minimum Gasteiger partial charge on any atom is -0.497 e. The molecule has 0 aromatic heterocycles. The van der Waals surface area contributed by atoms with E-state index in [1.54, 1.807) is 30.2 Å². The zero-order chi connectivity index (χ0) is 35.2. The van der Waals surface area contributed by atoms with Crippen LogP contribution in [0, 0.1) is 5.92 Å². The molecule has 1 spiro atoms. The lowest BCUT2D eigenvalue weighted by molar-refractivity contribution is -0.274. The van der Waals surface area contributed by atoms with Crippen LogP contribution in [0.3, 0.4) is 0 Å². The number of anilines is 2. The highest BCUT2D eigenvalue weighted by molar-refractivity contribution is 6.91. The summed E-state index contributed by atoms with van der Waals surface area (Å²) in [5.41, 5.74) is 0.830. The smallest absolute Gasteiger partial charge is 0.264 e. The molecule has 262 valence electrons. The van der Waals surface area contributed by atoms with Gasteiger partial charge in [0.1, 0.15) is 24.1 Å². The highest BCUT2D eigenvalue weighted by Crippen LogP contribution is 2.60. The van der Waals surface area contributed by atoms with E-state index in [1.165, 1.54) is 0 Å². The van der Waals surface area contributed by atoms with Gasteiger partial charge in [-0.15, -0.1) is 0 Å². The normalized spacial score (nSPS) is 31.2. The number of nitrogens with zero attached hydrogens (tertiary/aromatic N) is 1. The van der Waals surface area contributed by atoms with Crippen molar-refractivity contribution < 1.29 is 49.3 Å². The molecule has 3 aliphatic rings. The molecule has 49 heavy (non-hydrogen) atoms. The van der Waals surface area contributed by atoms with Crippen LogP contribution >= 0.6 is 0 Å². The fourth-order valence-corrected chi connectivity index (χ4v) is 12.1. The predicted octanol–water partition coefficient (Wildman–Crippen LogP) is 1.58. The van der Waals surface area contributed by atoms with Crippen LogP contribution in [-0.2, 0) is 31.2 Å². The molecule has 2 fully saturated rings. The number of hydrogen-bond acceptors (Lipinski definition) is 10. The molecular weight excluding hydrogens is 648 g/mol. The summed E-state index contributed by atoms with van der Waals surface area (Å²) in [7, 11) is -0.800. The number of benzene rings is 3. The fraction of sp³-hybridized carbons (Fsp3) is 0.444. The van der Waals surface area contributed by atoms with Crippen molar-refractivity contribution in [3.63, 3.8) is 0 Å². The van der Waals surface area contributed by atoms with E-state index in [1.807, 2.05) is 49.4 Å². The van der Waals surface area contributed by atoms with Crippen LogP contribution in [0.25, 0.3) is 0 Å². The number of ether oxygens (including phenoxy) is 3. The van der Waals surface area contributed by atoms with Crippen LogP contribution < -0.4 is 20.1 Å². The van der Waals surface area contributed by atoms with Crippen molar-refractivity contribution in [3.05, 3.63) is 83.9 Å². The molecule has 3 aliphatic heterocycles. The third-order valence-corrected chi connectivity index (χ3v) is 14.9. The number of aliphatic hydroxyl groups excluding tert-OH is 5. The van der Waals surface area contributed by atoms with Gasteiger partial charge in [0.15, 0.2) is 18.0 Å². The zero-order valence-corrected chi connectivity index (χ0v) is 28.9. The SMILES string of the molecule is COc1ccc([Si](C)(C)[C@H]2[C@H](CCO)O[C@@]3(C(=O)N(Cc4ccccc4)c4ccc(NC(=O)[C@H]5O[C@@H](O)[C@H](O)[C@@H](O)[C@@H]5O)cc43)[C@@H]2C)cc1. The number of hydrogen-bond donors (Lipinski definition) is 6. The number of fused-ring (bicyclic) bond motifs is 2. The van der Waals surface area contributed by atoms with E-state index in [-0.39, 0.29) is 36.2 Å². The van der Waals surface area contributed by atoms with E-state index >= 15 is 0 Å². The Morgan fingerprint density at radius 1 is 0.980 bits per heavy atom. The largest absolute Gasteiger partial charge is 0.497 e. The Kier molecular flexibility index (Phi) is 9.74. The van der Waals surface area contributed by atoms with E-state index in [4.69, 9.17) is 14.2 Å². The van der Waals surface area contributed by atoms with Gasteiger partial charge in [0.25, 0.3) is 11.8 Å². The lowest BCUT2D eigenvalue weighted by Crippen LogP contribution is -2.60. The monoisotopic (exact) mass is 692 g/mol. The molecule has 12 nitrogen and oxygen atoms in total. The van der Waals surface area contributed by atoms with Gasteiger partial charge in [-0.2, -0.15) is 0 Å². The minimum absolute atomic E-state index is 0.0973. The Morgan fingerprint density at radius 3 is 2.33 bits per heavy atom. The first-order chi connectivity index (χ1) is 23.3. The number of carbonyl (C=O) groups is 2. The number of aliphatic hydroxyl groups is 5. The van der Waals surface area contributed by atoms with Gasteiger partial charge in [0.2, 0.25) is 0 Å². The molecule has 6 N–H and O–H groups in total. The fourth-order valence-electron chi connectivity index (χ4n) is 8.00. The van der Waals surface area contributed by atoms with Gasteiger partial charge in [-0.25, -0.2) is 0 Å². The van der Waals surface area contributed by atoms with Gasteiger partial charge < -0.3 is 50.0 Å². The van der Waals surface area contributed by atoms with Crippen molar-refractivity contribution >= 4 is 36.4 Å². The summed E-state index contributed by atoms with van der Waals surface area (Å²) in [6.45, 7) is 6.68. The highest BCUT2D eigenvalue weighted by atomic mass is 28.3. The first-order valence-corrected chi connectivity index (χ1v) is 19.5. The number of nitrogens with one attached hydrogen (secondary N) is 1. The molecule has 9 atom stereocenters. The van der Waals surface area contributed by atoms with E-state index in [0.717, 1.165) is 16.5 Å². The van der Waals surface area contributed by atoms with Crippen molar-refractivity contribution in [2.45, 2.75) is 80.9 Å². The van der Waals surface area contributed by atoms with E-state index in [0.29, 0.717) is 17.7 Å². The van der Waals surface area contributed by atoms with Gasteiger partial charge in [-0.05, 0) is 47.9 Å². The Balaban J connectivity index is 1.41. The third kappa shape index (κ3) is 5.97. The van der Waals surface area contributed by atoms with Crippen molar-refractivity contribution in [1.29, 1.82) is 0 Å². The second-order valence-electron chi connectivity index (χ2n) is 13.7. The van der Waals surface area contributed by atoms with E-state index in [2.05, 4.69) is 30.5 Å². The molecule has 0 bridgehead atoms. The number of carbonyl (C=O) groups excluding carboxylic acids is 2. The van der Waals surface area contributed by atoms with Gasteiger partial charge in [0, 0.05) is 23.8 Å². The van der Waals surface area contributed by atoms with Crippen LogP contribution in [0.15, 0.2) is 72.8 Å². The molecule has 2 saturated heterocycles. The average Bonchev–Trinajstić information content (AvgIpc) is 3.52. The molecule has 3 aromatic rings. The lowest BCUT2D eigenvalue weighted by Gasteiger charge is -2.37. The maximum atomic E-state index is 14.9. The average molecular weight is 693 g/mol. The standard InChI is InChI=1S/C36H44N2O10Si/c1-20-32(49(3,4)24-13-11-23(46-2)12-14-24)27(16-17-39)48-36(20)25-18-22(37-33(43)31-29(41)28(40)30(42)34(44)47-31)10-15-26(25)38(35(36)45)19-21-8-6-5-7-9-21/h5-15,18,20,27-32,34,39-42,44H,16-17,19H2,1-4H3,(H,37,43)/t20-,27+,28+,29+,30-,31+,32-,34-,36+/m1/s1.